The molecule has 0 spiro atoms. The molecule has 2 N–H and O–H groups in total. The lowest BCUT2D eigenvalue weighted by Crippen LogP contribution is -2.52. The molecule has 1 fully saturated rings. The van der Waals surface area contributed by atoms with Gasteiger partial charge in [0.1, 0.15) is 17.9 Å². The molecular weight excluding hydrogens is 280 g/mol. The maximum Gasteiger partial charge on any atom is 0.261 e. The molecule has 0 aliphatic carbocycles. The van der Waals surface area contributed by atoms with Gasteiger partial charge in [-0.2, -0.15) is 10.5 Å². The average molecular weight is 298 g/mol. The number of anilines is 1. The van der Waals surface area contributed by atoms with Crippen molar-refractivity contribution in [1.29, 1.82) is 10.5 Å². The Morgan fingerprint density at radius 3 is 2.95 bits per heavy atom. The van der Waals surface area contributed by atoms with Crippen LogP contribution in [0, 0.1) is 22.7 Å². The minimum absolute atomic E-state index is 0.156. The number of likely N-dealkylation sites (N-methyl/N-ethyl adjacent to an activating group) is 1. The Bertz CT molecular complexity index is 600. The van der Waals surface area contributed by atoms with Gasteiger partial charge in [0, 0.05) is 12.7 Å². The molecule has 7 nitrogen and oxygen atoms in total. The summed E-state index contributed by atoms with van der Waals surface area (Å²) in [5.41, 5.74) is 0.459. The number of nitrogens with one attached hydrogen (secondary N) is 2. The highest BCUT2D eigenvalue weighted by molar-refractivity contribution is 5.84. The van der Waals surface area contributed by atoms with Crippen LogP contribution in [0.3, 0.4) is 0 Å². The van der Waals surface area contributed by atoms with Crippen molar-refractivity contribution < 1.29 is 4.79 Å². The van der Waals surface area contributed by atoms with Crippen LogP contribution in [0.25, 0.3) is 0 Å². The van der Waals surface area contributed by atoms with Crippen LogP contribution in [-0.2, 0) is 4.79 Å². The van der Waals surface area contributed by atoms with E-state index in [0.717, 1.165) is 12.8 Å². The van der Waals surface area contributed by atoms with Gasteiger partial charge in [-0.1, -0.05) is 6.92 Å². The van der Waals surface area contributed by atoms with Crippen molar-refractivity contribution in [3.05, 3.63) is 23.9 Å². The summed E-state index contributed by atoms with van der Waals surface area (Å²) >= 11 is 0. The second-order valence-corrected chi connectivity index (χ2v) is 5.00. The summed E-state index contributed by atoms with van der Waals surface area (Å²) in [6.07, 6.45) is 2.37. The lowest BCUT2D eigenvalue weighted by Gasteiger charge is -2.26. The molecule has 1 aromatic heterocycles. The van der Waals surface area contributed by atoms with Crippen LogP contribution in [0.1, 0.15) is 25.3 Å². The molecule has 114 valence electrons. The molecule has 1 saturated heterocycles. The van der Waals surface area contributed by atoms with E-state index in [0.29, 0.717) is 24.5 Å². The molecule has 7 heteroatoms. The first kappa shape index (κ1) is 15.7. The Kier molecular flexibility index (Phi) is 5.29. The highest BCUT2D eigenvalue weighted by Gasteiger charge is 2.32. The number of hydrogen-bond donors (Lipinski definition) is 2. The van der Waals surface area contributed by atoms with Gasteiger partial charge in [-0.3, -0.25) is 10.1 Å². The van der Waals surface area contributed by atoms with Gasteiger partial charge >= 0.3 is 0 Å². The Hall–Kier alpha value is -2.64. The fourth-order valence-electron chi connectivity index (χ4n) is 2.43. The topological polar surface area (TPSA) is 105 Å². The van der Waals surface area contributed by atoms with Crippen molar-refractivity contribution in [3.8, 4) is 12.1 Å². The van der Waals surface area contributed by atoms with E-state index >= 15 is 0 Å². The van der Waals surface area contributed by atoms with Crippen LogP contribution in [0.5, 0.6) is 0 Å². The Morgan fingerprint density at radius 1 is 1.55 bits per heavy atom. The third-order valence-electron chi connectivity index (χ3n) is 3.52. The minimum atomic E-state index is -0.639. The molecule has 2 unspecified atom stereocenters. The second-order valence-electron chi connectivity index (χ2n) is 5.00. The normalized spacial score (nSPS) is 18.3. The third kappa shape index (κ3) is 3.51. The Labute approximate surface area is 129 Å². The molecule has 2 atom stereocenters. The van der Waals surface area contributed by atoms with E-state index in [1.165, 1.54) is 6.20 Å². The van der Waals surface area contributed by atoms with Crippen molar-refractivity contribution in [2.75, 3.05) is 18.4 Å². The molecular formula is C15H18N6O. The summed E-state index contributed by atoms with van der Waals surface area (Å²) < 4.78 is 0. The number of amides is 1. The molecule has 0 radical (unpaired) electrons. The smallest absolute Gasteiger partial charge is 0.261 e. The highest BCUT2D eigenvalue weighted by atomic mass is 16.2. The highest BCUT2D eigenvalue weighted by Crippen LogP contribution is 2.18. The maximum absolute atomic E-state index is 12.6. The first-order valence-electron chi connectivity index (χ1n) is 7.25. The molecule has 0 bridgehead atoms. The number of nitriles is 2. The van der Waals surface area contributed by atoms with Gasteiger partial charge in [-0.25, -0.2) is 4.98 Å². The fourth-order valence-corrected chi connectivity index (χ4v) is 2.43. The summed E-state index contributed by atoms with van der Waals surface area (Å²) in [7, 11) is 0. The van der Waals surface area contributed by atoms with Crippen molar-refractivity contribution in [2.45, 2.75) is 32.0 Å². The molecule has 0 saturated carbocycles. The van der Waals surface area contributed by atoms with E-state index < -0.39 is 6.17 Å². The maximum atomic E-state index is 12.6. The van der Waals surface area contributed by atoms with E-state index in [1.807, 2.05) is 13.0 Å². The largest absolute Gasteiger partial charge is 0.347 e. The molecule has 0 aromatic carbocycles. The van der Waals surface area contributed by atoms with Crippen LogP contribution in [0.4, 0.5) is 5.82 Å². The number of aromatic nitrogens is 1. The Morgan fingerprint density at radius 2 is 2.36 bits per heavy atom. The summed E-state index contributed by atoms with van der Waals surface area (Å²) in [5, 5.41) is 24.0. The zero-order valence-electron chi connectivity index (χ0n) is 12.4. The molecule has 1 aliphatic rings. The summed E-state index contributed by atoms with van der Waals surface area (Å²) in [5.74, 6) is 0.350. The van der Waals surface area contributed by atoms with Gasteiger partial charge in [0.05, 0.1) is 11.6 Å². The molecule has 1 aromatic rings. The number of pyridine rings is 1. The van der Waals surface area contributed by atoms with Gasteiger partial charge < -0.3 is 10.2 Å². The summed E-state index contributed by atoms with van der Waals surface area (Å²) in [6.45, 7) is 3.10. The lowest BCUT2D eigenvalue weighted by atomic mass is 10.2. The first-order chi connectivity index (χ1) is 10.7. The monoisotopic (exact) mass is 298 g/mol. The summed E-state index contributed by atoms with van der Waals surface area (Å²) in [4.78, 5) is 18.3. The van der Waals surface area contributed by atoms with Crippen LogP contribution >= 0.6 is 0 Å². The molecule has 1 amide bonds. The van der Waals surface area contributed by atoms with Gasteiger partial charge in [0.2, 0.25) is 0 Å². The number of carbonyl (C=O) groups excluding carboxylic acids is 1. The molecule has 2 rings (SSSR count). The van der Waals surface area contributed by atoms with Crippen molar-refractivity contribution in [3.63, 3.8) is 0 Å². The average Bonchev–Trinajstić information content (AvgIpc) is 3.03. The van der Waals surface area contributed by atoms with Crippen molar-refractivity contribution in [2.24, 2.45) is 0 Å². The predicted octanol–water partition coefficient (Wildman–Crippen LogP) is 0.815. The van der Waals surface area contributed by atoms with Gasteiger partial charge in [-0.15, -0.1) is 0 Å². The van der Waals surface area contributed by atoms with E-state index in [4.69, 9.17) is 10.5 Å². The van der Waals surface area contributed by atoms with E-state index in [1.54, 1.807) is 17.0 Å². The van der Waals surface area contributed by atoms with Crippen LogP contribution < -0.4 is 10.6 Å². The molecule has 1 aliphatic heterocycles. The standard InChI is InChI=1S/C15H18N6O/c1-2-18-14(15(22)21-7-3-4-12(21)9-17)20-13-6-5-11(8-16)10-19-13/h5-6,10,12,14,18H,2-4,7H2,1H3,(H,19,20). The third-order valence-corrected chi connectivity index (χ3v) is 3.52. The number of nitrogens with zero attached hydrogens (tertiary/aromatic N) is 4. The summed E-state index contributed by atoms with van der Waals surface area (Å²) in [6, 6.07) is 7.10. The molecule has 22 heavy (non-hydrogen) atoms. The SMILES string of the molecule is CCNC(Nc1ccc(C#N)cn1)C(=O)N1CCCC1C#N. The number of likely N-dealkylation sites (tertiary alicyclic amines) is 1. The second kappa shape index (κ2) is 7.39. The van der Waals surface area contributed by atoms with Crippen molar-refractivity contribution >= 4 is 11.7 Å². The quantitative estimate of drug-likeness (QED) is 0.780. The zero-order valence-corrected chi connectivity index (χ0v) is 12.4. The van der Waals surface area contributed by atoms with Crippen LogP contribution in [0.2, 0.25) is 0 Å². The van der Waals surface area contributed by atoms with Crippen LogP contribution in [0.15, 0.2) is 18.3 Å². The van der Waals surface area contributed by atoms with Gasteiger partial charge in [-0.05, 0) is 31.5 Å². The van der Waals surface area contributed by atoms with E-state index in [9.17, 15) is 4.79 Å². The predicted molar refractivity (Wildman–Crippen MR) is 80.4 cm³/mol. The first-order valence-corrected chi connectivity index (χ1v) is 7.25. The zero-order chi connectivity index (χ0) is 15.9. The van der Waals surface area contributed by atoms with Gasteiger partial charge in [0.15, 0.2) is 6.17 Å². The van der Waals surface area contributed by atoms with E-state index in [-0.39, 0.29) is 11.9 Å². The number of rotatable bonds is 5. The number of hydrogen-bond acceptors (Lipinski definition) is 6. The number of carbonyl (C=O) groups is 1. The minimum Gasteiger partial charge on any atom is -0.347 e. The van der Waals surface area contributed by atoms with Gasteiger partial charge in [0.25, 0.3) is 5.91 Å². The molecule has 2 heterocycles. The van der Waals surface area contributed by atoms with Crippen molar-refractivity contribution in [1.82, 2.24) is 15.2 Å². The van der Waals surface area contributed by atoms with Crippen LogP contribution in [-0.4, -0.2) is 41.1 Å². The van der Waals surface area contributed by atoms with E-state index in [2.05, 4.69) is 21.7 Å². The lowest BCUT2D eigenvalue weighted by molar-refractivity contribution is -0.132. The fraction of sp³-hybridized carbons (Fsp3) is 0.467. The Balaban J connectivity index is 2.10.